The maximum Gasteiger partial charge on any atom is 0.350 e. The summed E-state index contributed by atoms with van der Waals surface area (Å²) >= 11 is 5.52. The minimum Gasteiger partial charge on any atom is -0.463 e. The Morgan fingerprint density at radius 1 is 1.62 bits per heavy atom. The molecule has 1 aliphatic rings. The first-order chi connectivity index (χ1) is 5.97. The Kier molecular flexibility index (Phi) is 2.77. The highest BCUT2D eigenvalue weighted by Crippen LogP contribution is 2.11. The van der Waals surface area contributed by atoms with Crippen LogP contribution in [0.25, 0.3) is 0 Å². The molecule has 0 aromatic heterocycles. The fraction of sp³-hybridized carbons (Fsp3) is 0.600. The van der Waals surface area contributed by atoms with Gasteiger partial charge in [0, 0.05) is 7.05 Å². The van der Waals surface area contributed by atoms with Crippen LogP contribution in [0, 0.1) is 0 Å². The van der Waals surface area contributed by atoms with Crippen molar-refractivity contribution in [2.45, 2.75) is 6.92 Å². The van der Waals surface area contributed by atoms with Gasteiger partial charge in [0.25, 0.3) is 0 Å². The summed E-state index contributed by atoms with van der Waals surface area (Å²) < 4.78 is 31.2. The van der Waals surface area contributed by atoms with Gasteiger partial charge in [-0.1, -0.05) is 4.40 Å². The SMILES string of the molecule is CCOC1=NS(=O)(=O)N(C)C(Cl)=N1. The average molecular weight is 226 g/mol. The first kappa shape index (κ1) is 10.3. The lowest BCUT2D eigenvalue weighted by atomic mass is 10.9. The minimum atomic E-state index is -3.75. The second kappa shape index (κ2) is 3.51. The van der Waals surface area contributed by atoms with Gasteiger partial charge < -0.3 is 4.74 Å². The van der Waals surface area contributed by atoms with E-state index in [1.165, 1.54) is 7.05 Å². The molecule has 0 aromatic rings. The number of hydrogen-bond donors (Lipinski definition) is 0. The van der Waals surface area contributed by atoms with Crippen molar-refractivity contribution in [2.24, 2.45) is 9.39 Å². The van der Waals surface area contributed by atoms with E-state index in [1.807, 2.05) is 0 Å². The van der Waals surface area contributed by atoms with E-state index in [9.17, 15) is 8.42 Å². The Morgan fingerprint density at radius 2 is 2.23 bits per heavy atom. The van der Waals surface area contributed by atoms with Crippen molar-refractivity contribution in [1.29, 1.82) is 0 Å². The van der Waals surface area contributed by atoms with E-state index in [-0.39, 0.29) is 17.9 Å². The highest BCUT2D eigenvalue weighted by Gasteiger charge is 2.26. The highest BCUT2D eigenvalue weighted by molar-refractivity contribution is 7.88. The van der Waals surface area contributed by atoms with Gasteiger partial charge in [-0.2, -0.15) is 13.4 Å². The third-order valence-electron chi connectivity index (χ3n) is 1.26. The maximum atomic E-state index is 11.2. The van der Waals surface area contributed by atoms with Gasteiger partial charge in [-0.3, -0.25) is 0 Å². The Bertz CT molecular complexity index is 361. The molecule has 1 heterocycles. The number of halogens is 1. The Balaban J connectivity index is 3.04. The van der Waals surface area contributed by atoms with Gasteiger partial charge in [0.15, 0.2) is 0 Å². The van der Waals surface area contributed by atoms with Crippen molar-refractivity contribution in [2.75, 3.05) is 13.7 Å². The van der Waals surface area contributed by atoms with Gasteiger partial charge in [-0.05, 0) is 18.5 Å². The van der Waals surface area contributed by atoms with Crippen LogP contribution < -0.4 is 0 Å². The van der Waals surface area contributed by atoms with E-state index < -0.39 is 10.2 Å². The number of ether oxygens (including phenoxy) is 1. The molecule has 0 saturated heterocycles. The quantitative estimate of drug-likeness (QED) is 0.597. The molecular weight excluding hydrogens is 218 g/mol. The van der Waals surface area contributed by atoms with E-state index >= 15 is 0 Å². The first-order valence-electron chi connectivity index (χ1n) is 3.43. The fourth-order valence-electron chi connectivity index (χ4n) is 0.613. The summed E-state index contributed by atoms with van der Waals surface area (Å²) in [5, 5.41) is -0.182. The third-order valence-corrected chi connectivity index (χ3v) is 2.95. The summed E-state index contributed by atoms with van der Waals surface area (Å²) in [6.07, 6.45) is 0. The van der Waals surface area contributed by atoms with Gasteiger partial charge in [-0.25, -0.2) is 4.31 Å². The number of amidine groups is 2. The zero-order chi connectivity index (χ0) is 10.1. The minimum absolute atomic E-state index is 0.182. The second-order valence-corrected chi connectivity index (χ2v) is 4.10. The van der Waals surface area contributed by atoms with Crippen molar-refractivity contribution >= 4 is 33.1 Å². The van der Waals surface area contributed by atoms with Crippen molar-refractivity contribution in [3.05, 3.63) is 0 Å². The molecule has 0 unspecified atom stereocenters. The fourth-order valence-corrected chi connectivity index (χ4v) is 1.59. The standard InChI is InChI=1S/C5H8ClN3O3S/c1-3-12-5-7-4(6)9(2)13(10,11)8-5/h3H2,1-2H3. The Morgan fingerprint density at radius 3 is 2.69 bits per heavy atom. The van der Waals surface area contributed by atoms with E-state index in [0.717, 1.165) is 4.31 Å². The van der Waals surface area contributed by atoms with E-state index in [1.54, 1.807) is 6.92 Å². The molecule has 8 heteroatoms. The monoisotopic (exact) mass is 225 g/mol. The molecule has 0 radical (unpaired) electrons. The first-order valence-corrected chi connectivity index (χ1v) is 5.20. The smallest absolute Gasteiger partial charge is 0.350 e. The predicted molar refractivity (Wildman–Crippen MR) is 49.0 cm³/mol. The molecule has 1 rings (SSSR count). The molecule has 0 aromatic carbocycles. The van der Waals surface area contributed by atoms with Crippen LogP contribution in [0.2, 0.25) is 0 Å². The molecule has 0 N–H and O–H groups in total. The van der Waals surface area contributed by atoms with Crippen LogP contribution in [-0.4, -0.2) is 37.7 Å². The van der Waals surface area contributed by atoms with E-state index in [2.05, 4.69) is 9.39 Å². The lowest BCUT2D eigenvalue weighted by Gasteiger charge is -2.17. The van der Waals surface area contributed by atoms with Crippen molar-refractivity contribution in [3.8, 4) is 0 Å². The van der Waals surface area contributed by atoms with Crippen LogP contribution >= 0.6 is 11.6 Å². The van der Waals surface area contributed by atoms with Crippen LogP contribution in [0.5, 0.6) is 0 Å². The van der Waals surface area contributed by atoms with Gasteiger partial charge in [0.1, 0.15) is 0 Å². The van der Waals surface area contributed by atoms with Crippen LogP contribution in [-0.2, 0) is 14.9 Å². The average Bonchev–Trinajstić information content (AvgIpc) is 2.00. The lowest BCUT2D eigenvalue weighted by Crippen LogP contribution is -2.33. The van der Waals surface area contributed by atoms with Crippen LogP contribution in [0.4, 0.5) is 0 Å². The van der Waals surface area contributed by atoms with Crippen LogP contribution in [0.1, 0.15) is 6.92 Å². The molecule has 74 valence electrons. The summed E-state index contributed by atoms with van der Waals surface area (Å²) in [6.45, 7) is 1.97. The molecule has 0 amide bonds. The molecule has 1 aliphatic heterocycles. The molecule has 13 heavy (non-hydrogen) atoms. The molecule has 0 atom stereocenters. The van der Waals surface area contributed by atoms with Crippen molar-refractivity contribution in [1.82, 2.24) is 4.31 Å². The molecule has 0 bridgehead atoms. The van der Waals surface area contributed by atoms with Crippen LogP contribution in [0.15, 0.2) is 9.39 Å². The topological polar surface area (TPSA) is 71.3 Å². The van der Waals surface area contributed by atoms with E-state index in [4.69, 9.17) is 16.3 Å². The number of rotatable bonds is 1. The second-order valence-electron chi connectivity index (χ2n) is 2.13. The van der Waals surface area contributed by atoms with Gasteiger partial charge in [0.05, 0.1) is 6.61 Å². The van der Waals surface area contributed by atoms with Crippen molar-refractivity contribution in [3.63, 3.8) is 0 Å². The molecule has 0 fully saturated rings. The van der Waals surface area contributed by atoms with Gasteiger partial charge in [0.2, 0.25) is 5.29 Å². The van der Waals surface area contributed by atoms with Gasteiger partial charge in [-0.15, -0.1) is 0 Å². The summed E-state index contributed by atoms with van der Waals surface area (Å²) in [4.78, 5) is 3.61. The molecule has 0 spiro atoms. The number of aliphatic imine (C=N–C) groups is 1. The lowest BCUT2D eigenvalue weighted by molar-refractivity contribution is 0.322. The molecule has 0 aliphatic carbocycles. The molecule has 6 nitrogen and oxygen atoms in total. The summed E-state index contributed by atoms with van der Waals surface area (Å²) in [5.41, 5.74) is 0. The molecule has 0 saturated carbocycles. The predicted octanol–water partition coefficient (Wildman–Crippen LogP) is 0.164. The normalized spacial score (nSPS) is 20.7. The Labute approximate surface area is 81.1 Å². The summed E-state index contributed by atoms with van der Waals surface area (Å²) in [7, 11) is -2.49. The third kappa shape index (κ3) is 2.10. The number of nitrogens with zero attached hydrogens (tertiary/aromatic N) is 3. The zero-order valence-corrected chi connectivity index (χ0v) is 8.63. The molecular formula is C5H8ClN3O3S. The summed E-state index contributed by atoms with van der Waals surface area (Å²) in [5.74, 6) is 0. The number of hydrogen-bond acceptors (Lipinski definition) is 4. The Hall–Kier alpha value is -0.820. The highest BCUT2D eigenvalue weighted by atomic mass is 35.5. The van der Waals surface area contributed by atoms with E-state index in [0.29, 0.717) is 0 Å². The largest absolute Gasteiger partial charge is 0.463 e. The summed E-state index contributed by atoms with van der Waals surface area (Å²) in [6, 6.07) is -0.231. The maximum absolute atomic E-state index is 11.2. The zero-order valence-electron chi connectivity index (χ0n) is 7.06. The van der Waals surface area contributed by atoms with Gasteiger partial charge >= 0.3 is 16.2 Å². The van der Waals surface area contributed by atoms with Crippen LogP contribution in [0.3, 0.4) is 0 Å². The van der Waals surface area contributed by atoms with Crippen molar-refractivity contribution < 1.29 is 13.2 Å².